The van der Waals surface area contributed by atoms with Crippen LogP contribution in [0.3, 0.4) is 0 Å². The molecule has 1 saturated heterocycles. The minimum absolute atomic E-state index is 0.0584. The van der Waals surface area contributed by atoms with E-state index >= 15 is 4.39 Å². The quantitative estimate of drug-likeness (QED) is 0.557. The number of carbonyl (C=O) groups is 2. The molecule has 2 aromatic heterocycles. The summed E-state index contributed by atoms with van der Waals surface area (Å²) in [6.07, 6.45) is 3.50. The van der Waals surface area contributed by atoms with E-state index < -0.39 is 17.2 Å². The van der Waals surface area contributed by atoms with Crippen molar-refractivity contribution in [2.24, 2.45) is 0 Å². The van der Waals surface area contributed by atoms with Gasteiger partial charge in [-0.25, -0.2) is 23.5 Å². The molecule has 9 nitrogen and oxygen atoms in total. The third-order valence-electron chi connectivity index (χ3n) is 5.95. The summed E-state index contributed by atoms with van der Waals surface area (Å²) in [5.41, 5.74) is 0.0602. The van der Waals surface area contributed by atoms with Gasteiger partial charge in [-0.05, 0) is 51.8 Å². The van der Waals surface area contributed by atoms with E-state index in [1.54, 1.807) is 23.6 Å². The first-order valence-electron chi connectivity index (χ1n) is 11.7. The van der Waals surface area contributed by atoms with Crippen molar-refractivity contribution in [3.63, 3.8) is 0 Å². The number of ether oxygens (including phenoxy) is 1. The average molecular weight is 501 g/mol. The van der Waals surface area contributed by atoms with Crippen LogP contribution in [0.15, 0.2) is 30.7 Å². The van der Waals surface area contributed by atoms with Crippen LogP contribution in [0.5, 0.6) is 0 Å². The molecule has 36 heavy (non-hydrogen) atoms. The molecular weight excluding hydrogens is 470 g/mol. The van der Waals surface area contributed by atoms with Gasteiger partial charge in [-0.2, -0.15) is 0 Å². The number of fused-ring (bicyclic) bond motifs is 1. The summed E-state index contributed by atoms with van der Waals surface area (Å²) in [4.78, 5) is 35.9. The van der Waals surface area contributed by atoms with E-state index in [1.807, 2.05) is 20.8 Å². The zero-order valence-corrected chi connectivity index (χ0v) is 21.0. The molecule has 4 rings (SSSR count). The summed E-state index contributed by atoms with van der Waals surface area (Å²) in [6, 6.07) is 3.96. The highest BCUT2D eigenvalue weighted by molar-refractivity contribution is 5.95. The van der Waals surface area contributed by atoms with Gasteiger partial charge in [-0.1, -0.05) is 0 Å². The molecule has 1 N–H and O–H groups in total. The smallest absolute Gasteiger partial charge is 0.410 e. The van der Waals surface area contributed by atoms with Crippen LogP contribution < -0.4 is 5.32 Å². The van der Waals surface area contributed by atoms with Gasteiger partial charge in [0.05, 0.1) is 11.1 Å². The van der Waals surface area contributed by atoms with Crippen molar-refractivity contribution >= 4 is 34.5 Å². The summed E-state index contributed by atoms with van der Waals surface area (Å²) in [5, 5.41) is 2.98. The van der Waals surface area contributed by atoms with E-state index in [0.717, 1.165) is 6.07 Å². The Bertz CT molecular complexity index is 1290. The van der Waals surface area contributed by atoms with Gasteiger partial charge in [0.2, 0.25) is 0 Å². The molecule has 0 unspecified atom stereocenters. The fourth-order valence-electron chi connectivity index (χ4n) is 4.20. The SMILES string of the molecule is CN(C)C(=O)c1ccc(Nc2ncnc3c2c(F)cn3C2CCN(C(=O)OC(C)(C)C)CC2)c(F)c1. The highest BCUT2D eigenvalue weighted by Gasteiger charge is 2.29. The molecule has 0 aliphatic carbocycles. The van der Waals surface area contributed by atoms with E-state index in [4.69, 9.17) is 4.74 Å². The Balaban J connectivity index is 1.54. The maximum Gasteiger partial charge on any atom is 0.410 e. The lowest BCUT2D eigenvalue weighted by molar-refractivity contribution is 0.0189. The number of likely N-dealkylation sites (tertiary alicyclic amines) is 1. The van der Waals surface area contributed by atoms with Crippen LogP contribution in [0.25, 0.3) is 11.0 Å². The van der Waals surface area contributed by atoms with Crippen molar-refractivity contribution in [1.29, 1.82) is 0 Å². The van der Waals surface area contributed by atoms with Crippen LogP contribution >= 0.6 is 0 Å². The number of hydrogen-bond acceptors (Lipinski definition) is 6. The second-order valence-electron chi connectivity index (χ2n) is 10.0. The van der Waals surface area contributed by atoms with Crippen molar-refractivity contribution in [3.05, 3.63) is 47.9 Å². The molecule has 3 aromatic rings. The number of benzene rings is 1. The van der Waals surface area contributed by atoms with E-state index in [9.17, 15) is 14.0 Å². The van der Waals surface area contributed by atoms with Crippen LogP contribution in [0.2, 0.25) is 0 Å². The average Bonchev–Trinajstić information content (AvgIpc) is 3.16. The minimum Gasteiger partial charge on any atom is -0.444 e. The van der Waals surface area contributed by atoms with Gasteiger partial charge in [0, 0.05) is 45.0 Å². The third kappa shape index (κ3) is 5.24. The predicted octanol–water partition coefficient (Wildman–Crippen LogP) is 4.73. The monoisotopic (exact) mass is 500 g/mol. The molecule has 3 heterocycles. The molecule has 2 amide bonds. The first-order chi connectivity index (χ1) is 16.9. The molecule has 0 atom stereocenters. The van der Waals surface area contributed by atoms with Gasteiger partial charge in [-0.15, -0.1) is 0 Å². The highest BCUT2D eigenvalue weighted by atomic mass is 19.1. The zero-order valence-electron chi connectivity index (χ0n) is 21.0. The number of piperidine rings is 1. The van der Waals surface area contributed by atoms with Crippen molar-refractivity contribution in [1.82, 2.24) is 24.3 Å². The molecule has 1 fully saturated rings. The molecule has 0 saturated carbocycles. The van der Waals surface area contributed by atoms with Crippen LogP contribution in [0.4, 0.5) is 25.1 Å². The second kappa shape index (κ2) is 9.71. The molecule has 0 spiro atoms. The minimum atomic E-state index is -0.663. The molecule has 11 heteroatoms. The van der Waals surface area contributed by atoms with Crippen molar-refractivity contribution < 1.29 is 23.1 Å². The maximum atomic E-state index is 15.1. The molecular formula is C25H30F2N6O3. The second-order valence-corrected chi connectivity index (χ2v) is 10.0. The third-order valence-corrected chi connectivity index (χ3v) is 5.95. The predicted molar refractivity (Wildman–Crippen MR) is 131 cm³/mol. The van der Waals surface area contributed by atoms with Crippen LogP contribution in [-0.2, 0) is 4.74 Å². The van der Waals surface area contributed by atoms with Gasteiger partial charge in [-0.3, -0.25) is 4.79 Å². The topological polar surface area (TPSA) is 92.6 Å². The highest BCUT2D eigenvalue weighted by Crippen LogP contribution is 2.33. The fraction of sp³-hybridized carbons (Fsp3) is 0.440. The Morgan fingerprint density at radius 3 is 2.42 bits per heavy atom. The first-order valence-corrected chi connectivity index (χ1v) is 11.7. The maximum absolute atomic E-state index is 15.1. The number of aromatic nitrogens is 3. The number of anilines is 2. The van der Waals surface area contributed by atoms with Crippen molar-refractivity contribution in [2.45, 2.75) is 45.3 Å². The summed E-state index contributed by atoms with van der Waals surface area (Å²) >= 11 is 0. The number of halogens is 2. The lowest BCUT2D eigenvalue weighted by atomic mass is 10.1. The molecule has 0 bridgehead atoms. The lowest BCUT2D eigenvalue weighted by Gasteiger charge is -2.34. The summed E-state index contributed by atoms with van der Waals surface area (Å²) < 4.78 is 37.0. The van der Waals surface area contributed by atoms with E-state index in [2.05, 4.69) is 15.3 Å². The van der Waals surface area contributed by atoms with Gasteiger partial charge in [0.25, 0.3) is 5.91 Å². The Kier molecular flexibility index (Phi) is 6.83. The number of rotatable bonds is 4. The largest absolute Gasteiger partial charge is 0.444 e. The number of amides is 2. The standard InChI is InChI=1S/C25H30F2N6O3/c1-25(2,3)36-24(35)32-10-8-16(9-11-32)33-13-18(27)20-21(28-14-29-22(20)33)30-19-7-6-15(12-17(19)26)23(34)31(4)5/h6-7,12-14,16H,8-11H2,1-5H3,(H,28,29,30). The Morgan fingerprint density at radius 1 is 1.11 bits per heavy atom. The fourth-order valence-corrected chi connectivity index (χ4v) is 4.20. The Morgan fingerprint density at radius 2 is 1.81 bits per heavy atom. The number of carbonyl (C=O) groups excluding carboxylic acids is 2. The Labute approximate surface area is 208 Å². The Hall–Kier alpha value is -3.76. The molecule has 1 aliphatic rings. The van der Waals surface area contributed by atoms with Gasteiger partial charge in [0.1, 0.15) is 29.2 Å². The molecule has 1 aliphatic heterocycles. The van der Waals surface area contributed by atoms with Gasteiger partial charge >= 0.3 is 6.09 Å². The van der Waals surface area contributed by atoms with Crippen LogP contribution in [0.1, 0.15) is 50.0 Å². The normalized spacial score (nSPS) is 14.7. The molecule has 192 valence electrons. The van der Waals surface area contributed by atoms with E-state index in [1.165, 1.54) is 29.6 Å². The molecule has 0 radical (unpaired) electrons. The van der Waals surface area contributed by atoms with E-state index in [-0.39, 0.29) is 40.5 Å². The molecule has 1 aromatic carbocycles. The van der Waals surface area contributed by atoms with Gasteiger partial charge < -0.3 is 24.4 Å². The van der Waals surface area contributed by atoms with Gasteiger partial charge in [0.15, 0.2) is 5.82 Å². The lowest BCUT2D eigenvalue weighted by Crippen LogP contribution is -2.42. The number of nitrogens with zero attached hydrogens (tertiary/aromatic N) is 5. The number of hydrogen-bond donors (Lipinski definition) is 1. The summed E-state index contributed by atoms with van der Waals surface area (Å²) in [5.74, 6) is -1.41. The van der Waals surface area contributed by atoms with E-state index in [0.29, 0.717) is 31.6 Å². The van der Waals surface area contributed by atoms with Crippen LogP contribution in [0, 0.1) is 11.6 Å². The van der Waals surface area contributed by atoms with Crippen molar-refractivity contribution in [2.75, 3.05) is 32.5 Å². The first kappa shape index (κ1) is 25.3. The number of nitrogens with one attached hydrogen (secondary N) is 1. The van der Waals surface area contributed by atoms with Crippen LogP contribution in [-0.4, -0.2) is 69.1 Å². The van der Waals surface area contributed by atoms with Crippen molar-refractivity contribution in [3.8, 4) is 0 Å². The summed E-state index contributed by atoms with van der Waals surface area (Å²) in [7, 11) is 3.16. The summed E-state index contributed by atoms with van der Waals surface area (Å²) in [6.45, 7) is 6.41. The zero-order chi connectivity index (χ0) is 26.2.